The number of hydrogen-bond donors (Lipinski definition) is 1. The summed E-state index contributed by atoms with van der Waals surface area (Å²) in [5, 5.41) is 0. The third-order valence-electron chi connectivity index (χ3n) is 1.37. The summed E-state index contributed by atoms with van der Waals surface area (Å²) in [6.07, 6.45) is 0.860. The summed E-state index contributed by atoms with van der Waals surface area (Å²) in [5.41, 5.74) is 0. The normalized spacial score (nSPS) is 11.5. The average Bonchev–Trinajstić information content (AvgIpc) is 2.53. The number of nitrogens with one attached hydrogen (secondary N) is 1. The minimum Gasteiger partial charge on any atom is -0.303 e. The summed E-state index contributed by atoms with van der Waals surface area (Å²) in [6.45, 7) is 0.140. The maximum Gasteiger partial charge on any atom is 0.250 e. The molecule has 7 heteroatoms. The largest absolute Gasteiger partial charge is 0.303 e. The molecule has 1 aromatic rings. The average molecular weight is 298 g/mol. The van der Waals surface area contributed by atoms with E-state index in [4.69, 9.17) is 0 Å². The summed E-state index contributed by atoms with van der Waals surface area (Å²) in [6, 6.07) is 3.18. The number of carbonyl (C=O) groups is 1. The molecular weight excluding hydrogens is 290 g/mol. The highest BCUT2D eigenvalue weighted by Crippen LogP contribution is 2.25. The van der Waals surface area contributed by atoms with Crippen LogP contribution in [0.4, 0.5) is 0 Å². The predicted octanol–water partition coefficient (Wildman–Crippen LogP) is 1.38. The van der Waals surface area contributed by atoms with Gasteiger partial charge in [0.2, 0.25) is 10.0 Å². The molecule has 0 aromatic carbocycles. The number of hydrogen-bond acceptors (Lipinski definition) is 4. The fraction of sp³-hybridized carbons (Fsp3) is 0.286. The summed E-state index contributed by atoms with van der Waals surface area (Å²) >= 11 is 4.31. The molecule has 1 N–H and O–H groups in total. The van der Waals surface area contributed by atoms with E-state index in [1.54, 1.807) is 6.07 Å². The van der Waals surface area contributed by atoms with Crippen LogP contribution in [-0.4, -0.2) is 21.2 Å². The maximum absolute atomic E-state index is 11.5. The quantitative estimate of drug-likeness (QED) is 0.660. The second kappa shape index (κ2) is 5.01. The van der Waals surface area contributed by atoms with Gasteiger partial charge in [-0.25, -0.2) is 13.1 Å². The van der Waals surface area contributed by atoms with Crippen LogP contribution in [-0.2, 0) is 14.8 Å². The van der Waals surface area contributed by atoms with Crippen molar-refractivity contribution in [3.05, 3.63) is 15.9 Å². The van der Waals surface area contributed by atoms with Gasteiger partial charge in [0.05, 0.1) is 3.79 Å². The Morgan fingerprint density at radius 2 is 2.21 bits per heavy atom. The van der Waals surface area contributed by atoms with Gasteiger partial charge < -0.3 is 4.79 Å². The van der Waals surface area contributed by atoms with Crippen molar-refractivity contribution in [1.29, 1.82) is 0 Å². The van der Waals surface area contributed by atoms with E-state index in [2.05, 4.69) is 20.7 Å². The smallest absolute Gasteiger partial charge is 0.250 e. The molecular formula is C7H8BrNO3S2. The number of aldehydes is 1. The van der Waals surface area contributed by atoms with E-state index < -0.39 is 10.0 Å². The third-order valence-corrected chi connectivity index (χ3v) is 4.94. The van der Waals surface area contributed by atoms with Gasteiger partial charge in [-0.3, -0.25) is 0 Å². The van der Waals surface area contributed by atoms with E-state index in [0.29, 0.717) is 6.29 Å². The lowest BCUT2D eigenvalue weighted by molar-refractivity contribution is -0.107. The minimum atomic E-state index is -3.43. The Bertz CT molecular complexity index is 412. The summed E-state index contributed by atoms with van der Waals surface area (Å²) in [7, 11) is -3.43. The summed E-state index contributed by atoms with van der Waals surface area (Å²) in [5.74, 6) is 0. The van der Waals surface area contributed by atoms with Gasteiger partial charge >= 0.3 is 0 Å². The Kier molecular flexibility index (Phi) is 4.24. The first-order valence-corrected chi connectivity index (χ1v) is 6.84. The SMILES string of the molecule is O=CCCNS(=O)(=O)c1ccc(Br)s1. The molecule has 0 atom stereocenters. The van der Waals surface area contributed by atoms with E-state index in [-0.39, 0.29) is 17.2 Å². The molecule has 0 radical (unpaired) electrons. The maximum atomic E-state index is 11.5. The number of rotatable bonds is 5. The lowest BCUT2D eigenvalue weighted by Gasteiger charge is -2.00. The number of halogens is 1. The summed E-state index contributed by atoms with van der Waals surface area (Å²) in [4.78, 5) is 9.99. The van der Waals surface area contributed by atoms with Crippen LogP contribution in [0.1, 0.15) is 6.42 Å². The molecule has 0 aliphatic carbocycles. The molecule has 78 valence electrons. The second-order valence-corrected chi connectivity index (χ2v) is 6.87. The van der Waals surface area contributed by atoms with Gasteiger partial charge in [-0.1, -0.05) is 0 Å². The Morgan fingerprint density at radius 3 is 2.71 bits per heavy atom. The lowest BCUT2D eigenvalue weighted by atomic mass is 10.5. The highest BCUT2D eigenvalue weighted by Gasteiger charge is 2.15. The Morgan fingerprint density at radius 1 is 1.50 bits per heavy atom. The first-order valence-electron chi connectivity index (χ1n) is 3.75. The molecule has 0 spiro atoms. The zero-order valence-electron chi connectivity index (χ0n) is 7.07. The molecule has 0 bridgehead atoms. The van der Waals surface area contributed by atoms with Crippen molar-refractivity contribution >= 4 is 43.6 Å². The first-order chi connectivity index (χ1) is 6.56. The molecule has 4 nitrogen and oxygen atoms in total. The van der Waals surface area contributed by atoms with E-state index >= 15 is 0 Å². The first kappa shape index (κ1) is 11.8. The number of sulfonamides is 1. The zero-order chi connectivity index (χ0) is 10.6. The van der Waals surface area contributed by atoms with Crippen molar-refractivity contribution in [2.75, 3.05) is 6.54 Å². The minimum absolute atomic E-state index is 0.140. The van der Waals surface area contributed by atoms with Crippen molar-refractivity contribution in [2.24, 2.45) is 0 Å². The lowest BCUT2D eigenvalue weighted by Crippen LogP contribution is -2.24. The van der Waals surface area contributed by atoms with Gasteiger partial charge in [0.15, 0.2) is 0 Å². The highest BCUT2D eigenvalue weighted by molar-refractivity contribution is 9.11. The van der Waals surface area contributed by atoms with Crippen molar-refractivity contribution in [1.82, 2.24) is 4.72 Å². The molecule has 0 saturated carbocycles. The monoisotopic (exact) mass is 297 g/mol. The molecule has 0 unspecified atom stereocenters. The van der Waals surface area contributed by atoms with Crippen LogP contribution in [0.2, 0.25) is 0 Å². The van der Waals surface area contributed by atoms with Crippen LogP contribution < -0.4 is 4.72 Å². The second-order valence-electron chi connectivity index (χ2n) is 2.41. The van der Waals surface area contributed by atoms with Crippen LogP contribution in [0.3, 0.4) is 0 Å². The molecule has 0 fully saturated rings. The molecule has 0 aliphatic rings. The van der Waals surface area contributed by atoms with Crippen molar-refractivity contribution in [3.63, 3.8) is 0 Å². The van der Waals surface area contributed by atoms with Crippen LogP contribution in [0, 0.1) is 0 Å². The number of carbonyl (C=O) groups excluding carboxylic acids is 1. The van der Waals surface area contributed by atoms with Gasteiger partial charge in [-0.2, -0.15) is 0 Å². The van der Waals surface area contributed by atoms with E-state index in [9.17, 15) is 13.2 Å². The van der Waals surface area contributed by atoms with Crippen molar-refractivity contribution in [3.8, 4) is 0 Å². The highest BCUT2D eigenvalue weighted by atomic mass is 79.9. The van der Waals surface area contributed by atoms with Crippen LogP contribution >= 0.6 is 27.3 Å². The van der Waals surface area contributed by atoms with Crippen LogP contribution in [0.25, 0.3) is 0 Å². The van der Waals surface area contributed by atoms with Gasteiger partial charge in [0, 0.05) is 13.0 Å². The molecule has 0 amide bonds. The fourth-order valence-corrected chi connectivity index (χ4v) is 3.87. The predicted molar refractivity (Wildman–Crippen MR) is 57.9 cm³/mol. The molecule has 1 aromatic heterocycles. The Hall–Kier alpha value is -0.240. The molecule has 0 aliphatic heterocycles. The van der Waals surface area contributed by atoms with Crippen molar-refractivity contribution in [2.45, 2.75) is 10.6 Å². The molecule has 1 rings (SSSR count). The van der Waals surface area contributed by atoms with Crippen LogP contribution in [0.5, 0.6) is 0 Å². The molecule has 1 heterocycles. The van der Waals surface area contributed by atoms with Gasteiger partial charge in [0.25, 0.3) is 0 Å². The topological polar surface area (TPSA) is 63.2 Å². The zero-order valence-corrected chi connectivity index (χ0v) is 10.3. The van der Waals surface area contributed by atoms with E-state index in [1.807, 2.05) is 0 Å². The molecule has 14 heavy (non-hydrogen) atoms. The Balaban J connectivity index is 2.71. The van der Waals surface area contributed by atoms with E-state index in [0.717, 1.165) is 15.1 Å². The van der Waals surface area contributed by atoms with Crippen LogP contribution in [0.15, 0.2) is 20.1 Å². The standard InChI is InChI=1S/C7H8BrNO3S2/c8-6-2-3-7(13-6)14(11,12)9-4-1-5-10/h2-3,5,9H,1,4H2. The summed E-state index contributed by atoms with van der Waals surface area (Å²) < 4.78 is 26.3. The fourth-order valence-electron chi connectivity index (χ4n) is 0.765. The molecule has 0 saturated heterocycles. The van der Waals surface area contributed by atoms with Gasteiger partial charge in [0.1, 0.15) is 10.5 Å². The van der Waals surface area contributed by atoms with Gasteiger partial charge in [-0.05, 0) is 28.1 Å². The number of thiophene rings is 1. The van der Waals surface area contributed by atoms with Crippen molar-refractivity contribution < 1.29 is 13.2 Å². The Labute approximate surface area is 94.5 Å². The van der Waals surface area contributed by atoms with E-state index in [1.165, 1.54) is 6.07 Å². The third kappa shape index (κ3) is 3.16. The van der Waals surface area contributed by atoms with Gasteiger partial charge in [-0.15, -0.1) is 11.3 Å².